The first-order valence-corrected chi connectivity index (χ1v) is 12.3. The van der Waals surface area contributed by atoms with Crippen LogP contribution in [0.4, 0.5) is 0 Å². The second-order valence-electron chi connectivity index (χ2n) is 10.6. The van der Waals surface area contributed by atoms with Gasteiger partial charge < -0.3 is 20.0 Å². The Morgan fingerprint density at radius 3 is 2.48 bits per heavy atom. The maximum atomic E-state index is 13.4. The summed E-state index contributed by atoms with van der Waals surface area (Å²) in [5, 5.41) is 3.33. The van der Waals surface area contributed by atoms with Crippen LogP contribution < -0.4 is 5.32 Å². The number of hydrogen-bond donors (Lipinski definition) is 1. The van der Waals surface area contributed by atoms with Crippen molar-refractivity contribution in [1.29, 1.82) is 0 Å². The van der Waals surface area contributed by atoms with Crippen molar-refractivity contribution in [2.45, 2.75) is 65.5 Å². The molecule has 3 amide bonds. The number of benzene rings is 1. The van der Waals surface area contributed by atoms with Crippen LogP contribution in [-0.2, 0) is 20.8 Å². The third-order valence-electron chi connectivity index (χ3n) is 6.55. The summed E-state index contributed by atoms with van der Waals surface area (Å²) >= 11 is 0. The standard InChI is InChI=1S/C26H40N4O3/c1-20(31)30-19-22(17-23(30)25(33)28-14-8-12-27-13-16-28)29(24(32)18-26(2,3)4)15-11-21-9-6-5-7-10-21/h5-7,9-10,22-23,27H,8,11-19H2,1-4H3. The molecule has 1 N–H and O–H groups in total. The highest BCUT2D eigenvalue weighted by Gasteiger charge is 2.43. The average Bonchev–Trinajstić information content (AvgIpc) is 3.01. The number of carbonyl (C=O) groups is 3. The summed E-state index contributed by atoms with van der Waals surface area (Å²) in [6.45, 7) is 11.8. The minimum absolute atomic E-state index is 0.0164. The molecule has 2 aliphatic rings. The van der Waals surface area contributed by atoms with Crippen LogP contribution in [0.15, 0.2) is 30.3 Å². The molecule has 2 unspecified atom stereocenters. The number of nitrogens with one attached hydrogen (secondary N) is 1. The van der Waals surface area contributed by atoms with Gasteiger partial charge in [-0.25, -0.2) is 0 Å². The lowest BCUT2D eigenvalue weighted by atomic mass is 9.91. The van der Waals surface area contributed by atoms with E-state index >= 15 is 0 Å². The van der Waals surface area contributed by atoms with E-state index in [0.717, 1.165) is 25.9 Å². The SMILES string of the molecule is CC(=O)N1CC(N(CCc2ccccc2)C(=O)CC(C)(C)C)CC1C(=O)N1CCCNCC1. The van der Waals surface area contributed by atoms with Crippen LogP contribution in [0.5, 0.6) is 0 Å². The minimum Gasteiger partial charge on any atom is -0.340 e. The molecule has 1 aromatic carbocycles. The van der Waals surface area contributed by atoms with E-state index in [1.54, 1.807) is 4.90 Å². The lowest BCUT2D eigenvalue weighted by molar-refractivity contribution is -0.142. The second-order valence-corrected chi connectivity index (χ2v) is 10.6. The van der Waals surface area contributed by atoms with Crippen molar-refractivity contribution in [2.75, 3.05) is 39.3 Å². The van der Waals surface area contributed by atoms with Gasteiger partial charge in [0.2, 0.25) is 17.7 Å². The molecule has 1 aromatic rings. The van der Waals surface area contributed by atoms with Crippen LogP contribution in [0.25, 0.3) is 0 Å². The molecular formula is C26H40N4O3. The van der Waals surface area contributed by atoms with E-state index in [0.29, 0.717) is 39.0 Å². The van der Waals surface area contributed by atoms with Crippen LogP contribution in [0.1, 0.15) is 52.5 Å². The molecule has 0 spiro atoms. The van der Waals surface area contributed by atoms with E-state index in [1.807, 2.05) is 28.0 Å². The van der Waals surface area contributed by atoms with Gasteiger partial charge in [-0.1, -0.05) is 51.1 Å². The van der Waals surface area contributed by atoms with Crippen LogP contribution in [0.2, 0.25) is 0 Å². The second kappa shape index (κ2) is 11.1. The fraction of sp³-hybridized carbons (Fsp3) is 0.654. The van der Waals surface area contributed by atoms with E-state index in [1.165, 1.54) is 12.5 Å². The topological polar surface area (TPSA) is 73.0 Å². The molecule has 3 rings (SSSR count). The summed E-state index contributed by atoms with van der Waals surface area (Å²) in [7, 11) is 0. The molecule has 7 heteroatoms. The summed E-state index contributed by atoms with van der Waals surface area (Å²) in [4.78, 5) is 44.8. The molecule has 0 bridgehead atoms. The van der Waals surface area contributed by atoms with Crippen molar-refractivity contribution in [3.05, 3.63) is 35.9 Å². The molecule has 2 atom stereocenters. The maximum Gasteiger partial charge on any atom is 0.245 e. The molecule has 182 valence electrons. The number of rotatable bonds is 6. The van der Waals surface area contributed by atoms with Gasteiger partial charge >= 0.3 is 0 Å². The van der Waals surface area contributed by atoms with Gasteiger partial charge in [-0.3, -0.25) is 14.4 Å². The predicted molar refractivity (Wildman–Crippen MR) is 130 cm³/mol. The molecule has 2 aliphatic heterocycles. The quantitative estimate of drug-likeness (QED) is 0.713. The van der Waals surface area contributed by atoms with E-state index in [-0.39, 0.29) is 29.2 Å². The summed E-state index contributed by atoms with van der Waals surface area (Å²) in [6, 6.07) is 9.51. The number of likely N-dealkylation sites (tertiary alicyclic amines) is 1. The zero-order valence-electron chi connectivity index (χ0n) is 20.7. The first-order chi connectivity index (χ1) is 15.7. The van der Waals surface area contributed by atoms with Crippen molar-refractivity contribution >= 4 is 17.7 Å². The van der Waals surface area contributed by atoms with Crippen molar-refractivity contribution in [3.8, 4) is 0 Å². The minimum atomic E-state index is -0.493. The van der Waals surface area contributed by atoms with Crippen molar-refractivity contribution < 1.29 is 14.4 Å². The zero-order valence-corrected chi connectivity index (χ0v) is 20.7. The van der Waals surface area contributed by atoms with Gasteiger partial charge in [-0.05, 0) is 36.8 Å². The van der Waals surface area contributed by atoms with E-state index < -0.39 is 6.04 Å². The Hall–Kier alpha value is -2.41. The largest absolute Gasteiger partial charge is 0.340 e. The highest BCUT2D eigenvalue weighted by molar-refractivity contribution is 5.88. The normalized spacial score (nSPS) is 21.6. The highest BCUT2D eigenvalue weighted by Crippen LogP contribution is 2.28. The van der Waals surface area contributed by atoms with Crippen LogP contribution in [-0.4, -0.2) is 83.8 Å². The third kappa shape index (κ3) is 7.03. The van der Waals surface area contributed by atoms with Gasteiger partial charge in [-0.2, -0.15) is 0 Å². The highest BCUT2D eigenvalue weighted by atomic mass is 16.2. The summed E-state index contributed by atoms with van der Waals surface area (Å²) in [6.07, 6.45) is 2.61. The lowest BCUT2D eigenvalue weighted by Gasteiger charge is -2.31. The first-order valence-electron chi connectivity index (χ1n) is 12.3. The van der Waals surface area contributed by atoms with E-state index in [9.17, 15) is 14.4 Å². The molecule has 7 nitrogen and oxygen atoms in total. The summed E-state index contributed by atoms with van der Waals surface area (Å²) < 4.78 is 0. The molecule has 2 fully saturated rings. The average molecular weight is 457 g/mol. The Balaban J connectivity index is 1.78. The summed E-state index contributed by atoms with van der Waals surface area (Å²) in [5.74, 6) is 0.0109. The van der Waals surface area contributed by atoms with Crippen molar-refractivity contribution in [2.24, 2.45) is 5.41 Å². The lowest BCUT2D eigenvalue weighted by Crippen LogP contribution is -2.48. The molecule has 33 heavy (non-hydrogen) atoms. The van der Waals surface area contributed by atoms with Gasteiger partial charge in [0, 0.05) is 46.1 Å². The van der Waals surface area contributed by atoms with Gasteiger partial charge in [-0.15, -0.1) is 0 Å². The Morgan fingerprint density at radius 2 is 1.82 bits per heavy atom. The van der Waals surface area contributed by atoms with Gasteiger partial charge in [0.05, 0.1) is 6.04 Å². The fourth-order valence-corrected chi connectivity index (χ4v) is 4.86. The number of amides is 3. The maximum absolute atomic E-state index is 13.4. The molecule has 0 aromatic heterocycles. The Labute approximate surface area is 198 Å². The Morgan fingerprint density at radius 1 is 1.09 bits per heavy atom. The molecular weight excluding hydrogens is 416 g/mol. The monoisotopic (exact) mass is 456 g/mol. The predicted octanol–water partition coefficient (Wildman–Crippen LogP) is 2.31. The van der Waals surface area contributed by atoms with Gasteiger partial charge in [0.1, 0.15) is 6.04 Å². The van der Waals surface area contributed by atoms with Crippen LogP contribution in [0.3, 0.4) is 0 Å². The molecule has 2 saturated heterocycles. The summed E-state index contributed by atoms with van der Waals surface area (Å²) in [5.41, 5.74) is 1.05. The molecule has 0 radical (unpaired) electrons. The number of carbonyl (C=O) groups excluding carboxylic acids is 3. The smallest absolute Gasteiger partial charge is 0.245 e. The zero-order chi connectivity index (χ0) is 24.0. The Kier molecular flexibility index (Phi) is 8.51. The van der Waals surface area contributed by atoms with Crippen molar-refractivity contribution in [1.82, 2.24) is 20.0 Å². The molecule has 0 saturated carbocycles. The van der Waals surface area contributed by atoms with E-state index in [4.69, 9.17) is 0 Å². The molecule has 0 aliphatic carbocycles. The third-order valence-corrected chi connectivity index (χ3v) is 6.55. The van der Waals surface area contributed by atoms with E-state index in [2.05, 4.69) is 38.2 Å². The van der Waals surface area contributed by atoms with Crippen molar-refractivity contribution in [3.63, 3.8) is 0 Å². The number of nitrogens with zero attached hydrogens (tertiary/aromatic N) is 3. The first kappa shape index (κ1) is 25.2. The molecule has 2 heterocycles. The number of hydrogen-bond acceptors (Lipinski definition) is 4. The van der Waals surface area contributed by atoms with Crippen LogP contribution in [0, 0.1) is 5.41 Å². The van der Waals surface area contributed by atoms with Crippen LogP contribution >= 0.6 is 0 Å². The van der Waals surface area contributed by atoms with Gasteiger partial charge in [0.15, 0.2) is 0 Å². The fourth-order valence-electron chi connectivity index (χ4n) is 4.86. The van der Waals surface area contributed by atoms with Gasteiger partial charge in [0.25, 0.3) is 0 Å². The Bertz CT molecular complexity index is 813.